The number of aromatic amines is 1. The van der Waals surface area contributed by atoms with Crippen molar-refractivity contribution in [2.45, 2.75) is 39.3 Å². The van der Waals surface area contributed by atoms with Gasteiger partial charge in [0.15, 0.2) is 0 Å². The quantitative estimate of drug-likeness (QED) is 0.593. The summed E-state index contributed by atoms with van der Waals surface area (Å²) < 4.78 is 19.2. The van der Waals surface area contributed by atoms with Crippen LogP contribution in [0.1, 0.15) is 41.0 Å². The second-order valence-corrected chi connectivity index (χ2v) is 8.17. The van der Waals surface area contributed by atoms with Gasteiger partial charge >= 0.3 is 5.97 Å². The van der Waals surface area contributed by atoms with E-state index < -0.39 is 35.7 Å². The molecule has 170 valence electrons. The molecule has 0 bridgehead atoms. The molecule has 0 radical (unpaired) electrons. The SMILES string of the molecule is Cc1cc(C(=O)N2C=C(C(=O)OC(C)C)c3[nH]c4ncccc4c3CC2C(N)=O)ccc1F. The Labute approximate surface area is 189 Å². The van der Waals surface area contributed by atoms with E-state index in [9.17, 15) is 18.8 Å². The lowest BCUT2D eigenvalue weighted by molar-refractivity contribution is -0.140. The first-order valence-electron chi connectivity index (χ1n) is 10.4. The van der Waals surface area contributed by atoms with Gasteiger partial charge in [-0.25, -0.2) is 14.2 Å². The molecule has 0 saturated carbocycles. The standard InChI is InChI=1S/C24H23FN4O4/c1-12(2)33-24(32)17-11-29(23(31)14-6-7-18(25)13(3)9-14)19(21(26)30)10-16-15-5-4-8-27-22(15)28-20(16)17/h4-9,11-12,19H,10H2,1-3H3,(H2,26,30)(H,27,28). The van der Waals surface area contributed by atoms with E-state index in [0.29, 0.717) is 22.3 Å². The van der Waals surface area contributed by atoms with Crippen molar-refractivity contribution in [1.82, 2.24) is 14.9 Å². The summed E-state index contributed by atoms with van der Waals surface area (Å²) in [5.74, 6) is -2.47. The van der Waals surface area contributed by atoms with Crippen molar-refractivity contribution >= 4 is 34.4 Å². The van der Waals surface area contributed by atoms with Crippen LogP contribution in [0.2, 0.25) is 0 Å². The van der Waals surface area contributed by atoms with Gasteiger partial charge in [-0.3, -0.25) is 9.59 Å². The fourth-order valence-corrected chi connectivity index (χ4v) is 3.90. The Kier molecular flexibility index (Phi) is 5.71. The van der Waals surface area contributed by atoms with Crippen molar-refractivity contribution in [3.63, 3.8) is 0 Å². The fraction of sp³-hybridized carbons (Fsp3) is 0.250. The lowest BCUT2D eigenvalue weighted by Gasteiger charge is -2.26. The lowest BCUT2D eigenvalue weighted by atomic mass is 10.0. The predicted octanol–water partition coefficient (Wildman–Crippen LogP) is 2.86. The minimum atomic E-state index is -1.09. The maximum absolute atomic E-state index is 13.8. The van der Waals surface area contributed by atoms with Crippen LogP contribution >= 0.6 is 0 Å². The molecule has 33 heavy (non-hydrogen) atoms. The molecule has 3 N–H and O–H groups in total. The number of aryl methyl sites for hydroxylation is 1. The summed E-state index contributed by atoms with van der Waals surface area (Å²) in [4.78, 5) is 47.5. The van der Waals surface area contributed by atoms with Gasteiger partial charge in [-0.1, -0.05) is 0 Å². The molecule has 2 amide bonds. The molecule has 0 saturated heterocycles. The summed E-state index contributed by atoms with van der Waals surface area (Å²) in [6.45, 7) is 4.95. The second-order valence-electron chi connectivity index (χ2n) is 8.17. The van der Waals surface area contributed by atoms with Gasteiger partial charge in [-0.05, 0) is 62.2 Å². The van der Waals surface area contributed by atoms with Gasteiger partial charge in [0.1, 0.15) is 17.5 Å². The number of hydrogen-bond donors (Lipinski definition) is 2. The molecular weight excluding hydrogens is 427 g/mol. The van der Waals surface area contributed by atoms with Gasteiger partial charge in [0.05, 0.1) is 17.4 Å². The highest BCUT2D eigenvalue weighted by Crippen LogP contribution is 2.33. The van der Waals surface area contributed by atoms with Gasteiger partial charge < -0.3 is 20.4 Å². The van der Waals surface area contributed by atoms with Crippen LogP contribution in [0.15, 0.2) is 42.7 Å². The van der Waals surface area contributed by atoms with Crippen molar-refractivity contribution in [2.75, 3.05) is 0 Å². The number of pyridine rings is 1. The van der Waals surface area contributed by atoms with Crippen molar-refractivity contribution in [3.8, 4) is 0 Å². The third kappa shape index (κ3) is 4.09. The van der Waals surface area contributed by atoms with Crippen molar-refractivity contribution in [3.05, 3.63) is 70.9 Å². The summed E-state index contributed by atoms with van der Waals surface area (Å²) >= 11 is 0. The largest absolute Gasteiger partial charge is 0.459 e. The van der Waals surface area contributed by atoms with Gasteiger partial charge in [-0.15, -0.1) is 0 Å². The summed E-state index contributed by atoms with van der Waals surface area (Å²) in [6, 6.07) is 6.34. The van der Waals surface area contributed by atoms with Gasteiger partial charge in [0.2, 0.25) is 5.91 Å². The Hall–Kier alpha value is -4.01. The highest BCUT2D eigenvalue weighted by atomic mass is 19.1. The first kappa shape index (κ1) is 22.2. The third-order valence-electron chi connectivity index (χ3n) is 5.48. The predicted molar refractivity (Wildman–Crippen MR) is 119 cm³/mol. The molecule has 3 heterocycles. The first-order chi connectivity index (χ1) is 15.7. The van der Waals surface area contributed by atoms with E-state index in [-0.39, 0.29) is 23.1 Å². The lowest BCUT2D eigenvalue weighted by Crippen LogP contribution is -2.46. The molecule has 8 nitrogen and oxygen atoms in total. The number of nitrogens with one attached hydrogen (secondary N) is 1. The molecule has 1 aliphatic rings. The zero-order valence-corrected chi connectivity index (χ0v) is 18.4. The maximum Gasteiger partial charge on any atom is 0.342 e. The van der Waals surface area contributed by atoms with Crippen LogP contribution in [0.4, 0.5) is 4.39 Å². The van der Waals surface area contributed by atoms with Crippen molar-refractivity contribution in [1.29, 1.82) is 0 Å². The number of carbonyl (C=O) groups is 3. The Balaban J connectivity index is 1.91. The summed E-state index contributed by atoms with van der Waals surface area (Å²) in [7, 11) is 0. The number of esters is 1. The van der Waals surface area contributed by atoms with Crippen LogP contribution in [0.25, 0.3) is 16.6 Å². The number of ether oxygens (including phenoxy) is 1. The van der Waals surface area contributed by atoms with Crippen LogP contribution in [0.3, 0.4) is 0 Å². The number of halogens is 1. The molecule has 2 aromatic heterocycles. The molecule has 1 aromatic carbocycles. The molecule has 0 aliphatic carbocycles. The van der Waals surface area contributed by atoms with E-state index in [1.165, 1.54) is 31.3 Å². The summed E-state index contributed by atoms with van der Waals surface area (Å²) in [5.41, 5.74) is 7.76. The van der Waals surface area contributed by atoms with E-state index in [0.717, 1.165) is 4.90 Å². The number of nitrogens with zero attached hydrogens (tertiary/aromatic N) is 2. The number of hydrogen-bond acceptors (Lipinski definition) is 5. The van der Waals surface area contributed by atoms with E-state index in [1.807, 2.05) is 6.07 Å². The van der Waals surface area contributed by atoms with E-state index in [2.05, 4.69) is 9.97 Å². The number of H-pyrrole nitrogens is 1. The smallest absolute Gasteiger partial charge is 0.342 e. The Morgan fingerprint density at radius 3 is 2.70 bits per heavy atom. The summed E-state index contributed by atoms with van der Waals surface area (Å²) in [5, 5.41) is 0.703. The molecular formula is C24H23FN4O4. The Morgan fingerprint density at radius 1 is 1.27 bits per heavy atom. The Bertz CT molecular complexity index is 1310. The number of carbonyl (C=O) groups excluding carboxylic acids is 3. The monoisotopic (exact) mass is 450 g/mol. The van der Waals surface area contributed by atoms with E-state index in [1.54, 1.807) is 26.1 Å². The van der Waals surface area contributed by atoms with Gasteiger partial charge in [0, 0.05) is 29.8 Å². The van der Waals surface area contributed by atoms with Crippen molar-refractivity contribution in [2.24, 2.45) is 5.73 Å². The minimum absolute atomic E-state index is 0.0528. The van der Waals surface area contributed by atoms with Gasteiger partial charge in [0.25, 0.3) is 5.91 Å². The first-order valence-corrected chi connectivity index (χ1v) is 10.4. The summed E-state index contributed by atoms with van der Waals surface area (Å²) in [6.07, 6.45) is 2.52. The number of benzene rings is 1. The van der Waals surface area contributed by atoms with Crippen LogP contribution in [-0.4, -0.2) is 44.8 Å². The molecule has 0 spiro atoms. The number of rotatable bonds is 4. The molecule has 0 fully saturated rings. The minimum Gasteiger partial charge on any atom is -0.459 e. The number of fused-ring (bicyclic) bond motifs is 3. The molecule has 4 rings (SSSR count). The van der Waals surface area contributed by atoms with E-state index in [4.69, 9.17) is 10.5 Å². The Morgan fingerprint density at radius 2 is 2.03 bits per heavy atom. The number of aromatic nitrogens is 2. The second kappa shape index (κ2) is 8.50. The van der Waals surface area contributed by atoms with Crippen molar-refractivity contribution < 1.29 is 23.5 Å². The van der Waals surface area contributed by atoms with Crippen LogP contribution in [-0.2, 0) is 20.7 Å². The van der Waals surface area contributed by atoms with Gasteiger partial charge in [-0.2, -0.15) is 0 Å². The molecule has 3 aromatic rings. The van der Waals surface area contributed by atoms with E-state index >= 15 is 0 Å². The number of primary amides is 1. The van der Waals surface area contributed by atoms with Crippen LogP contribution in [0, 0.1) is 12.7 Å². The highest BCUT2D eigenvalue weighted by molar-refractivity contribution is 6.18. The number of amides is 2. The zero-order chi connectivity index (χ0) is 23.9. The van der Waals surface area contributed by atoms with Crippen LogP contribution < -0.4 is 5.73 Å². The third-order valence-corrected chi connectivity index (χ3v) is 5.48. The molecule has 1 unspecified atom stereocenters. The normalized spacial score (nSPS) is 15.7. The van der Waals surface area contributed by atoms with Crippen LogP contribution in [0.5, 0.6) is 0 Å². The number of nitrogens with two attached hydrogens (primary N) is 1. The maximum atomic E-state index is 13.8. The molecule has 1 aliphatic heterocycles. The topological polar surface area (TPSA) is 118 Å². The average molecular weight is 450 g/mol. The average Bonchev–Trinajstić information content (AvgIpc) is 3.02. The molecule has 1 atom stereocenters. The zero-order valence-electron chi connectivity index (χ0n) is 18.4. The fourth-order valence-electron chi connectivity index (χ4n) is 3.90. The molecule has 9 heteroatoms. The highest BCUT2D eigenvalue weighted by Gasteiger charge is 2.36.